The van der Waals surface area contributed by atoms with Crippen LogP contribution in [0.4, 0.5) is 8.78 Å². The highest BCUT2D eigenvalue weighted by molar-refractivity contribution is 5.20. The van der Waals surface area contributed by atoms with Crippen LogP contribution in [0.15, 0.2) is 30.9 Å². The van der Waals surface area contributed by atoms with Gasteiger partial charge in [-0.3, -0.25) is 0 Å². The fraction of sp³-hybridized carbons (Fsp3) is 0.200. The molecule has 0 amide bonds. The Labute approximate surface area is 75.3 Å². The number of aliphatic hydroxyl groups is 1. The summed E-state index contributed by atoms with van der Waals surface area (Å²) in [4.78, 5) is 0. The fourth-order valence-corrected chi connectivity index (χ4v) is 1.06. The van der Waals surface area contributed by atoms with E-state index in [0.29, 0.717) is 0 Å². The Morgan fingerprint density at radius 3 is 2.31 bits per heavy atom. The number of rotatable bonds is 3. The van der Waals surface area contributed by atoms with Crippen molar-refractivity contribution in [2.75, 3.05) is 0 Å². The number of hydrogen-bond donors (Lipinski definition) is 1. The van der Waals surface area contributed by atoms with Gasteiger partial charge in [0.1, 0.15) is 11.6 Å². The Morgan fingerprint density at radius 1 is 1.31 bits per heavy atom. The van der Waals surface area contributed by atoms with Crippen LogP contribution in [0, 0.1) is 11.6 Å². The maximum atomic E-state index is 12.7. The Balaban J connectivity index is 2.93. The molecule has 13 heavy (non-hydrogen) atoms. The predicted molar refractivity (Wildman–Crippen MR) is 46.1 cm³/mol. The Hall–Kier alpha value is -1.22. The molecular weight excluding hydrogens is 174 g/mol. The number of halogens is 2. The zero-order valence-corrected chi connectivity index (χ0v) is 7.00. The summed E-state index contributed by atoms with van der Waals surface area (Å²) in [6.07, 6.45) is 0.888. The average Bonchev–Trinajstić information content (AvgIpc) is 2.03. The van der Waals surface area contributed by atoms with Crippen LogP contribution in [0.1, 0.15) is 18.1 Å². The lowest BCUT2D eigenvalue weighted by Gasteiger charge is -2.07. The number of aliphatic hydroxyl groups excluding tert-OH is 1. The van der Waals surface area contributed by atoms with Crippen LogP contribution in [-0.2, 0) is 0 Å². The topological polar surface area (TPSA) is 20.2 Å². The molecule has 1 atom stereocenters. The van der Waals surface area contributed by atoms with Crippen LogP contribution < -0.4 is 0 Å². The molecule has 0 radical (unpaired) electrons. The summed E-state index contributed by atoms with van der Waals surface area (Å²) in [6.45, 7) is 3.42. The van der Waals surface area contributed by atoms with Crippen molar-refractivity contribution in [2.45, 2.75) is 12.5 Å². The van der Waals surface area contributed by atoms with E-state index in [4.69, 9.17) is 0 Å². The van der Waals surface area contributed by atoms with Crippen LogP contribution in [0.3, 0.4) is 0 Å². The molecule has 1 nitrogen and oxygen atoms in total. The van der Waals surface area contributed by atoms with Crippen LogP contribution >= 0.6 is 0 Å². The molecule has 0 fully saturated rings. The highest BCUT2D eigenvalue weighted by Gasteiger charge is 2.08. The summed E-state index contributed by atoms with van der Waals surface area (Å²) in [6, 6.07) is 2.98. The van der Waals surface area contributed by atoms with Gasteiger partial charge >= 0.3 is 0 Å². The van der Waals surface area contributed by atoms with E-state index in [9.17, 15) is 13.9 Å². The Bertz CT molecular complexity index is 290. The molecule has 0 saturated carbocycles. The van der Waals surface area contributed by atoms with Crippen molar-refractivity contribution in [1.29, 1.82) is 0 Å². The normalized spacial score (nSPS) is 12.5. The van der Waals surface area contributed by atoms with E-state index in [1.165, 1.54) is 6.08 Å². The first kappa shape index (κ1) is 9.86. The van der Waals surface area contributed by atoms with E-state index < -0.39 is 17.7 Å². The average molecular weight is 184 g/mol. The Morgan fingerprint density at radius 2 is 1.85 bits per heavy atom. The third kappa shape index (κ3) is 2.63. The summed E-state index contributed by atoms with van der Waals surface area (Å²) in [5, 5.41) is 9.36. The number of benzene rings is 1. The van der Waals surface area contributed by atoms with Gasteiger partial charge in [-0.15, -0.1) is 6.58 Å². The van der Waals surface area contributed by atoms with E-state index in [-0.39, 0.29) is 12.0 Å². The molecule has 0 heterocycles. The van der Waals surface area contributed by atoms with Crippen molar-refractivity contribution in [3.05, 3.63) is 48.1 Å². The SMILES string of the molecule is C=CC[C@H](O)c1cc(F)cc(F)c1. The first-order valence-corrected chi connectivity index (χ1v) is 3.88. The standard InChI is InChI=1S/C10H10F2O/c1-2-3-10(13)7-4-8(11)6-9(12)5-7/h2,4-6,10,13H,1,3H2/t10-/m0/s1. The molecule has 1 aromatic rings. The first-order chi connectivity index (χ1) is 6.13. The van der Waals surface area contributed by atoms with Crippen molar-refractivity contribution in [3.63, 3.8) is 0 Å². The highest BCUT2D eigenvalue weighted by Crippen LogP contribution is 2.18. The molecule has 0 unspecified atom stereocenters. The second kappa shape index (κ2) is 4.14. The van der Waals surface area contributed by atoms with E-state index in [2.05, 4.69) is 6.58 Å². The van der Waals surface area contributed by atoms with Gasteiger partial charge in [0.2, 0.25) is 0 Å². The minimum absolute atomic E-state index is 0.234. The van der Waals surface area contributed by atoms with Gasteiger partial charge in [0.05, 0.1) is 6.10 Å². The maximum Gasteiger partial charge on any atom is 0.126 e. The van der Waals surface area contributed by atoms with Crippen molar-refractivity contribution >= 4 is 0 Å². The molecular formula is C10H10F2O. The summed E-state index contributed by atoms with van der Waals surface area (Å²) in [7, 11) is 0. The van der Waals surface area contributed by atoms with E-state index >= 15 is 0 Å². The van der Waals surface area contributed by atoms with Gasteiger partial charge in [0.15, 0.2) is 0 Å². The lowest BCUT2D eigenvalue weighted by Crippen LogP contribution is -1.97. The molecule has 1 aromatic carbocycles. The lowest BCUT2D eigenvalue weighted by molar-refractivity contribution is 0.180. The second-order valence-corrected chi connectivity index (χ2v) is 2.74. The zero-order valence-electron chi connectivity index (χ0n) is 7.00. The Kier molecular flexibility index (Phi) is 3.14. The molecule has 0 aromatic heterocycles. The highest BCUT2D eigenvalue weighted by atomic mass is 19.1. The van der Waals surface area contributed by atoms with Gasteiger partial charge in [-0.1, -0.05) is 6.08 Å². The molecule has 1 N–H and O–H groups in total. The molecule has 3 heteroatoms. The van der Waals surface area contributed by atoms with Crippen molar-refractivity contribution in [1.82, 2.24) is 0 Å². The number of hydrogen-bond acceptors (Lipinski definition) is 1. The minimum Gasteiger partial charge on any atom is -0.388 e. The molecule has 0 aliphatic heterocycles. The molecule has 70 valence electrons. The largest absolute Gasteiger partial charge is 0.388 e. The quantitative estimate of drug-likeness (QED) is 0.716. The zero-order chi connectivity index (χ0) is 9.84. The van der Waals surface area contributed by atoms with Crippen molar-refractivity contribution in [3.8, 4) is 0 Å². The fourth-order valence-electron chi connectivity index (χ4n) is 1.06. The first-order valence-electron chi connectivity index (χ1n) is 3.88. The third-order valence-corrected chi connectivity index (χ3v) is 1.66. The van der Waals surface area contributed by atoms with Gasteiger partial charge in [-0.2, -0.15) is 0 Å². The smallest absolute Gasteiger partial charge is 0.126 e. The lowest BCUT2D eigenvalue weighted by atomic mass is 10.1. The summed E-state index contributed by atoms with van der Waals surface area (Å²) in [5.41, 5.74) is 0.234. The van der Waals surface area contributed by atoms with E-state index in [0.717, 1.165) is 18.2 Å². The van der Waals surface area contributed by atoms with E-state index in [1.54, 1.807) is 0 Å². The van der Waals surface area contributed by atoms with Crippen molar-refractivity contribution in [2.24, 2.45) is 0 Å². The summed E-state index contributed by atoms with van der Waals surface area (Å²) >= 11 is 0. The molecule has 0 aliphatic carbocycles. The minimum atomic E-state index is -0.886. The summed E-state index contributed by atoms with van der Waals surface area (Å²) < 4.78 is 25.3. The second-order valence-electron chi connectivity index (χ2n) is 2.74. The van der Waals surface area contributed by atoms with E-state index in [1.807, 2.05) is 0 Å². The molecule has 0 spiro atoms. The van der Waals surface area contributed by atoms with Gasteiger partial charge in [0, 0.05) is 6.07 Å². The van der Waals surface area contributed by atoms with Crippen LogP contribution in [0.25, 0.3) is 0 Å². The molecule has 0 bridgehead atoms. The van der Waals surface area contributed by atoms with Gasteiger partial charge in [0.25, 0.3) is 0 Å². The van der Waals surface area contributed by atoms with Gasteiger partial charge in [-0.05, 0) is 24.1 Å². The molecule has 0 saturated heterocycles. The molecule has 0 aliphatic rings. The van der Waals surface area contributed by atoms with Gasteiger partial charge < -0.3 is 5.11 Å². The maximum absolute atomic E-state index is 12.7. The van der Waals surface area contributed by atoms with Crippen LogP contribution in [0.5, 0.6) is 0 Å². The predicted octanol–water partition coefficient (Wildman–Crippen LogP) is 2.57. The van der Waals surface area contributed by atoms with Crippen LogP contribution in [-0.4, -0.2) is 5.11 Å². The summed E-state index contributed by atoms with van der Waals surface area (Å²) in [5.74, 6) is -1.36. The van der Waals surface area contributed by atoms with Crippen molar-refractivity contribution < 1.29 is 13.9 Å². The molecule has 1 rings (SSSR count). The van der Waals surface area contributed by atoms with Crippen LogP contribution in [0.2, 0.25) is 0 Å². The monoisotopic (exact) mass is 184 g/mol. The third-order valence-electron chi connectivity index (χ3n) is 1.66. The van der Waals surface area contributed by atoms with Gasteiger partial charge in [-0.25, -0.2) is 8.78 Å².